The zero-order chi connectivity index (χ0) is 14.8. The van der Waals surface area contributed by atoms with Gasteiger partial charge in [-0.25, -0.2) is 8.42 Å². The molecule has 2 aliphatic heterocycles. The number of hydrogen-bond acceptors (Lipinski definition) is 6. The highest BCUT2D eigenvalue weighted by Gasteiger charge is 2.45. The van der Waals surface area contributed by atoms with E-state index in [9.17, 15) is 13.2 Å². The van der Waals surface area contributed by atoms with Crippen molar-refractivity contribution >= 4 is 15.8 Å². The third-order valence-electron chi connectivity index (χ3n) is 4.11. The van der Waals surface area contributed by atoms with Gasteiger partial charge >= 0.3 is 5.97 Å². The summed E-state index contributed by atoms with van der Waals surface area (Å²) in [5, 5.41) is -0.454. The van der Waals surface area contributed by atoms with Gasteiger partial charge in [-0.3, -0.25) is 4.79 Å². The molecule has 3 unspecified atom stereocenters. The summed E-state index contributed by atoms with van der Waals surface area (Å²) < 4.78 is 40.6. The number of sulfone groups is 1. The standard InChI is InChI=1S/C13H22O6S/c1-10(12(14)17-2)8-20(15,16)11-3-5-19-13(7-11)4-6-18-9-13/h10-11H,3-9H2,1-2H3. The van der Waals surface area contributed by atoms with Crippen LogP contribution in [0.3, 0.4) is 0 Å². The molecule has 0 N–H and O–H groups in total. The fourth-order valence-corrected chi connectivity index (χ4v) is 5.02. The van der Waals surface area contributed by atoms with E-state index >= 15 is 0 Å². The largest absolute Gasteiger partial charge is 0.469 e. The molecule has 0 radical (unpaired) electrons. The van der Waals surface area contributed by atoms with Crippen LogP contribution in [0.2, 0.25) is 0 Å². The van der Waals surface area contributed by atoms with E-state index in [4.69, 9.17) is 9.47 Å². The van der Waals surface area contributed by atoms with Crippen LogP contribution < -0.4 is 0 Å². The second-order valence-electron chi connectivity index (χ2n) is 5.70. The predicted molar refractivity (Wildman–Crippen MR) is 72.1 cm³/mol. The molecule has 0 aromatic rings. The number of hydrogen-bond donors (Lipinski definition) is 0. The lowest BCUT2D eigenvalue weighted by molar-refractivity contribution is -0.144. The smallest absolute Gasteiger partial charge is 0.309 e. The van der Waals surface area contributed by atoms with Gasteiger partial charge in [-0.1, -0.05) is 6.92 Å². The number of rotatable bonds is 4. The van der Waals surface area contributed by atoms with Crippen molar-refractivity contribution in [3.8, 4) is 0 Å². The third-order valence-corrected chi connectivity index (χ3v) is 6.49. The Morgan fingerprint density at radius 1 is 1.45 bits per heavy atom. The molecule has 1 spiro atoms. The van der Waals surface area contributed by atoms with Crippen LogP contribution in [0.1, 0.15) is 26.2 Å². The minimum absolute atomic E-state index is 0.165. The zero-order valence-electron chi connectivity index (χ0n) is 12.0. The van der Waals surface area contributed by atoms with Gasteiger partial charge in [0.15, 0.2) is 9.84 Å². The average Bonchev–Trinajstić information content (AvgIpc) is 2.85. The van der Waals surface area contributed by atoms with Crippen LogP contribution in [0.4, 0.5) is 0 Å². The summed E-state index contributed by atoms with van der Waals surface area (Å²) in [5.74, 6) is -1.29. The van der Waals surface area contributed by atoms with Gasteiger partial charge in [-0.2, -0.15) is 0 Å². The number of ether oxygens (including phenoxy) is 3. The van der Waals surface area contributed by atoms with Crippen LogP contribution >= 0.6 is 0 Å². The van der Waals surface area contributed by atoms with Crippen LogP contribution in [-0.4, -0.2) is 57.9 Å². The van der Waals surface area contributed by atoms with Crippen molar-refractivity contribution in [2.45, 2.75) is 37.0 Å². The van der Waals surface area contributed by atoms with E-state index in [1.165, 1.54) is 7.11 Å². The van der Waals surface area contributed by atoms with Gasteiger partial charge in [0.05, 0.1) is 36.2 Å². The van der Waals surface area contributed by atoms with Crippen molar-refractivity contribution in [1.29, 1.82) is 0 Å². The van der Waals surface area contributed by atoms with Gasteiger partial charge in [0.1, 0.15) is 0 Å². The molecule has 2 heterocycles. The Kier molecular flexibility index (Phi) is 4.71. The summed E-state index contributed by atoms with van der Waals surface area (Å²) >= 11 is 0. The first kappa shape index (κ1) is 15.7. The van der Waals surface area contributed by atoms with E-state index in [1.807, 2.05) is 0 Å². The van der Waals surface area contributed by atoms with E-state index in [0.717, 1.165) is 6.42 Å². The molecule has 20 heavy (non-hydrogen) atoms. The quantitative estimate of drug-likeness (QED) is 0.706. The molecule has 6 nitrogen and oxygen atoms in total. The summed E-state index contributed by atoms with van der Waals surface area (Å²) in [6.45, 7) is 3.09. The molecule has 0 aromatic carbocycles. The van der Waals surface area contributed by atoms with Gasteiger partial charge in [0, 0.05) is 19.6 Å². The van der Waals surface area contributed by atoms with Crippen LogP contribution in [0.15, 0.2) is 0 Å². The summed E-state index contributed by atoms with van der Waals surface area (Å²) in [7, 11) is -2.07. The summed E-state index contributed by atoms with van der Waals surface area (Å²) in [5.41, 5.74) is -0.440. The second kappa shape index (κ2) is 5.99. The number of methoxy groups -OCH3 is 1. The van der Waals surface area contributed by atoms with Crippen LogP contribution in [-0.2, 0) is 28.8 Å². The molecule has 7 heteroatoms. The van der Waals surface area contributed by atoms with Crippen molar-refractivity contribution in [3.63, 3.8) is 0 Å². The maximum atomic E-state index is 12.5. The van der Waals surface area contributed by atoms with E-state index in [2.05, 4.69) is 4.74 Å². The molecule has 0 aliphatic carbocycles. The van der Waals surface area contributed by atoms with Crippen LogP contribution in [0.25, 0.3) is 0 Å². The lowest BCUT2D eigenvalue weighted by Gasteiger charge is -2.36. The van der Waals surface area contributed by atoms with E-state index in [1.54, 1.807) is 6.92 Å². The molecule has 2 rings (SSSR count). The lowest BCUT2D eigenvalue weighted by atomic mass is 9.93. The van der Waals surface area contributed by atoms with Crippen molar-refractivity contribution in [3.05, 3.63) is 0 Å². The summed E-state index contributed by atoms with van der Waals surface area (Å²) in [6.07, 6.45) is 1.69. The van der Waals surface area contributed by atoms with Gasteiger partial charge in [0.2, 0.25) is 0 Å². The highest BCUT2D eigenvalue weighted by molar-refractivity contribution is 7.92. The normalized spacial score (nSPS) is 32.2. The molecule has 0 amide bonds. The lowest BCUT2D eigenvalue weighted by Crippen LogP contribution is -2.46. The maximum Gasteiger partial charge on any atom is 0.309 e. The predicted octanol–water partition coefficient (Wildman–Crippen LogP) is 0.548. The molecule has 0 aromatic heterocycles. The minimum Gasteiger partial charge on any atom is -0.469 e. The Hall–Kier alpha value is -0.660. The van der Waals surface area contributed by atoms with Crippen molar-refractivity contribution in [2.75, 3.05) is 32.7 Å². The average molecular weight is 306 g/mol. The Morgan fingerprint density at radius 3 is 2.80 bits per heavy atom. The Morgan fingerprint density at radius 2 is 2.20 bits per heavy atom. The Balaban J connectivity index is 2.03. The molecule has 116 valence electrons. The van der Waals surface area contributed by atoms with Gasteiger partial charge in [-0.05, 0) is 12.8 Å². The van der Waals surface area contributed by atoms with Crippen LogP contribution in [0, 0.1) is 5.92 Å². The number of esters is 1. The zero-order valence-corrected chi connectivity index (χ0v) is 12.8. The molecule has 3 atom stereocenters. The second-order valence-corrected chi connectivity index (χ2v) is 8.03. The molecule has 2 fully saturated rings. The topological polar surface area (TPSA) is 78.9 Å². The maximum absolute atomic E-state index is 12.5. The van der Waals surface area contributed by atoms with E-state index in [0.29, 0.717) is 32.7 Å². The molecular formula is C13H22O6S. The van der Waals surface area contributed by atoms with Gasteiger partial charge < -0.3 is 14.2 Å². The summed E-state index contributed by atoms with van der Waals surface area (Å²) in [4.78, 5) is 11.4. The Labute approximate surface area is 119 Å². The summed E-state index contributed by atoms with van der Waals surface area (Å²) in [6, 6.07) is 0. The highest BCUT2D eigenvalue weighted by Crippen LogP contribution is 2.35. The molecule has 2 aliphatic rings. The van der Waals surface area contributed by atoms with Crippen molar-refractivity contribution in [2.24, 2.45) is 5.92 Å². The molecule has 0 saturated carbocycles. The SMILES string of the molecule is COC(=O)C(C)CS(=O)(=O)C1CCOC2(CCOC2)C1. The first-order chi connectivity index (χ1) is 9.38. The van der Waals surface area contributed by atoms with E-state index in [-0.39, 0.29) is 5.75 Å². The van der Waals surface area contributed by atoms with Gasteiger partial charge in [-0.15, -0.1) is 0 Å². The minimum atomic E-state index is -3.34. The van der Waals surface area contributed by atoms with Crippen molar-refractivity contribution in [1.82, 2.24) is 0 Å². The first-order valence-electron chi connectivity index (χ1n) is 6.90. The van der Waals surface area contributed by atoms with Crippen molar-refractivity contribution < 1.29 is 27.4 Å². The molecule has 2 saturated heterocycles. The molecule has 0 bridgehead atoms. The number of carbonyl (C=O) groups excluding carboxylic acids is 1. The van der Waals surface area contributed by atoms with Crippen LogP contribution in [0.5, 0.6) is 0 Å². The fraction of sp³-hybridized carbons (Fsp3) is 0.923. The number of carbonyl (C=O) groups is 1. The van der Waals surface area contributed by atoms with Gasteiger partial charge in [0.25, 0.3) is 0 Å². The third kappa shape index (κ3) is 3.32. The highest BCUT2D eigenvalue weighted by atomic mass is 32.2. The molecular weight excluding hydrogens is 284 g/mol. The Bertz CT molecular complexity index is 451. The fourth-order valence-electron chi connectivity index (χ4n) is 2.91. The monoisotopic (exact) mass is 306 g/mol. The van der Waals surface area contributed by atoms with E-state index < -0.39 is 32.6 Å². The first-order valence-corrected chi connectivity index (χ1v) is 8.61.